The molecule has 6 nitrogen and oxygen atoms in total. The fourth-order valence-electron chi connectivity index (χ4n) is 3.80. The number of para-hydroxylation sites is 1. The summed E-state index contributed by atoms with van der Waals surface area (Å²) in [4.78, 5) is 13.2. The van der Waals surface area contributed by atoms with Crippen LogP contribution in [0.15, 0.2) is 100 Å². The van der Waals surface area contributed by atoms with E-state index in [1.165, 1.54) is 12.1 Å². The predicted molar refractivity (Wildman–Crippen MR) is 130 cm³/mol. The van der Waals surface area contributed by atoms with Gasteiger partial charge in [0.1, 0.15) is 11.2 Å². The number of hydrogen-bond donors (Lipinski definition) is 2. The third-order valence-corrected chi connectivity index (χ3v) is 6.89. The van der Waals surface area contributed by atoms with Crippen LogP contribution in [0.3, 0.4) is 0 Å². The number of rotatable bonds is 5. The Balaban J connectivity index is 1.42. The van der Waals surface area contributed by atoms with Gasteiger partial charge in [-0.1, -0.05) is 42.5 Å². The molecule has 0 saturated carbocycles. The van der Waals surface area contributed by atoms with Gasteiger partial charge in [-0.05, 0) is 55.0 Å². The third-order valence-electron chi connectivity index (χ3n) is 5.51. The molecule has 164 valence electrons. The van der Waals surface area contributed by atoms with Crippen LogP contribution in [0.4, 0.5) is 11.4 Å². The van der Waals surface area contributed by atoms with Crippen molar-refractivity contribution in [1.82, 2.24) is 0 Å². The molecule has 5 rings (SSSR count). The highest BCUT2D eigenvalue weighted by Gasteiger charge is 2.18. The summed E-state index contributed by atoms with van der Waals surface area (Å²) in [5, 5.41) is 4.86. The minimum Gasteiger partial charge on any atom is -0.456 e. The number of amides is 1. The smallest absolute Gasteiger partial charge is 0.261 e. The van der Waals surface area contributed by atoms with Crippen molar-refractivity contribution in [2.75, 3.05) is 10.0 Å². The Morgan fingerprint density at radius 3 is 2.33 bits per heavy atom. The molecule has 4 aromatic carbocycles. The lowest BCUT2D eigenvalue weighted by Crippen LogP contribution is -2.17. The molecule has 0 aliphatic heterocycles. The van der Waals surface area contributed by atoms with Crippen LogP contribution >= 0.6 is 0 Å². The summed E-state index contributed by atoms with van der Waals surface area (Å²) in [5.41, 5.74) is 3.29. The number of hydrogen-bond acceptors (Lipinski definition) is 4. The number of benzene rings is 4. The molecule has 5 aromatic rings. The molecule has 0 atom stereocenters. The average molecular weight is 457 g/mol. The van der Waals surface area contributed by atoms with Crippen LogP contribution in [0.2, 0.25) is 0 Å². The van der Waals surface area contributed by atoms with E-state index in [9.17, 15) is 13.2 Å². The first-order chi connectivity index (χ1) is 15.9. The topological polar surface area (TPSA) is 88.4 Å². The third kappa shape index (κ3) is 3.94. The fourth-order valence-corrected chi connectivity index (χ4v) is 4.94. The molecule has 0 radical (unpaired) electrons. The summed E-state index contributed by atoms with van der Waals surface area (Å²) in [6, 6.07) is 26.3. The lowest BCUT2D eigenvalue weighted by molar-refractivity contribution is 0.102. The fraction of sp³-hybridized carbons (Fsp3) is 0.0385. The van der Waals surface area contributed by atoms with Crippen LogP contribution in [0.5, 0.6) is 0 Å². The number of nitrogens with one attached hydrogen (secondary N) is 2. The molecule has 7 heteroatoms. The minimum atomic E-state index is -3.77. The molecule has 1 amide bonds. The first-order valence-corrected chi connectivity index (χ1v) is 11.8. The summed E-state index contributed by atoms with van der Waals surface area (Å²) < 4.78 is 33.9. The summed E-state index contributed by atoms with van der Waals surface area (Å²) in [5.74, 6) is -0.344. The minimum absolute atomic E-state index is 0.151. The van der Waals surface area contributed by atoms with Crippen LogP contribution in [-0.4, -0.2) is 14.3 Å². The zero-order valence-electron chi connectivity index (χ0n) is 17.7. The monoisotopic (exact) mass is 456 g/mol. The molecule has 0 bridgehead atoms. The van der Waals surface area contributed by atoms with E-state index in [-0.39, 0.29) is 10.8 Å². The largest absolute Gasteiger partial charge is 0.456 e. The Morgan fingerprint density at radius 2 is 1.52 bits per heavy atom. The van der Waals surface area contributed by atoms with E-state index < -0.39 is 10.0 Å². The van der Waals surface area contributed by atoms with Gasteiger partial charge in [-0.15, -0.1) is 0 Å². The maximum atomic E-state index is 13.0. The Kier molecular flexibility index (Phi) is 5.11. The zero-order chi connectivity index (χ0) is 23.0. The van der Waals surface area contributed by atoms with E-state index in [2.05, 4.69) is 10.0 Å². The standard InChI is InChI=1S/C26H20N2O4S/c1-17-20(11-7-12-23(17)28-33(30,31)19-8-3-2-4-9-19)26(29)27-18-14-15-22-21-10-5-6-13-24(21)32-25(22)16-18/h2-16,28H,1H3,(H,27,29). The van der Waals surface area contributed by atoms with E-state index in [1.54, 1.807) is 49.4 Å². The lowest BCUT2D eigenvalue weighted by Gasteiger charge is -2.14. The summed E-state index contributed by atoms with van der Waals surface area (Å²) in [7, 11) is -3.77. The quantitative estimate of drug-likeness (QED) is 0.342. The molecule has 0 aliphatic rings. The van der Waals surface area contributed by atoms with Gasteiger partial charge in [0, 0.05) is 28.1 Å². The Bertz CT molecular complexity index is 1610. The maximum Gasteiger partial charge on any atom is 0.261 e. The van der Waals surface area contributed by atoms with Crippen LogP contribution in [0.25, 0.3) is 21.9 Å². The predicted octanol–water partition coefficient (Wildman–Crippen LogP) is 5.95. The second-order valence-electron chi connectivity index (χ2n) is 7.66. The van der Waals surface area contributed by atoms with Gasteiger partial charge in [-0.25, -0.2) is 8.42 Å². The van der Waals surface area contributed by atoms with Gasteiger partial charge >= 0.3 is 0 Å². The summed E-state index contributed by atoms with van der Waals surface area (Å²) in [6.45, 7) is 1.71. The molecule has 0 spiro atoms. The highest BCUT2D eigenvalue weighted by Crippen LogP contribution is 2.31. The number of furan rings is 1. The van der Waals surface area contributed by atoms with E-state index in [0.717, 1.165) is 16.4 Å². The first-order valence-electron chi connectivity index (χ1n) is 10.3. The van der Waals surface area contributed by atoms with Gasteiger partial charge in [0.15, 0.2) is 0 Å². The Labute approximate surface area is 190 Å². The van der Waals surface area contributed by atoms with Crippen molar-refractivity contribution in [2.45, 2.75) is 11.8 Å². The van der Waals surface area contributed by atoms with Gasteiger partial charge < -0.3 is 9.73 Å². The molecular formula is C26H20N2O4S. The zero-order valence-corrected chi connectivity index (χ0v) is 18.5. The van der Waals surface area contributed by atoms with Gasteiger partial charge in [-0.2, -0.15) is 0 Å². The lowest BCUT2D eigenvalue weighted by atomic mass is 10.1. The van der Waals surface area contributed by atoms with Crippen molar-refractivity contribution in [3.63, 3.8) is 0 Å². The molecule has 33 heavy (non-hydrogen) atoms. The van der Waals surface area contributed by atoms with Crippen molar-refractivity contribution in [1.29, 1.82) is 0 Å². The normalized spacial score (nSPS) is 11.5. The highest BCUT2D eigenvalue weighted by molar-refractivity contribution is 7.92. The number of anilines is 2. The number of carbonyl (C=O) groups excluding carboxylic acids is 1. The number of carbonyl (C=O) groups is 1. The van der Waals surface area contributed by atoms with Crippen LogP contribution in [0.1, 0.15) is 15.9 Å². The van der Waals surface area contributed by atoms with Gasteiger partial charge in [-0.3, -0.25) is 9.52 Å². The Morgan fingerprint density at radius 1 is 0.788 bits per heavy atom. The number of fused-ring (bicyclic) bond motifs is 3. The molecule has 1 heterocycles. The molecule has 2 N–H and O–H groups in total. The van der Waals surface area contributed by atoms with Crippen molar-refractivity contribution < 1.29 is 17.6 Å². The molecule has 1 aromatic heterocycles. The highest BCUT2D eigenvalue weighted by atomic mass is 32.2. The van der Waals surface area contributed by atoms with Crippen molar-refractivity contribution in [3.8, 4) is 0 Å². The van der Waals surface area contributed by atoms with E-state index in [0.29, 0.717) is 28.1 Å². The van der Waals surface area contributed by atoms with Crippen molar-refractivity contribution >= 4 is 49.2 Å². The van der Waals surface area contributed by atoms with Crippen LogP contribution < -0.4 is 10.0 Å². The molecular weight excluding hydrogens is 436 g/mol. The molecule has 0 saturated heterocycles. The van der Waals surface area contributed by atoms with E-state index in [4.69, 9.17) is 4.42 Å². The summed E-state index contributed by atoms with van der Waals surface area (Å²) >= 11 is 0. The van der Waals surface area contributed by atoms with Gasteiger partial charge in [0.25, 0.3) is 15.9 Å². The van der Waals surface area contributed by atoms with E-state index >= 15 is 0 Å². The Hall–Kier alpha value is -4.10. The van der Waals surface area contributed by atoms with E-state index in [1.807, 2.05) is 36.4 Å². The van der Waals surface area contributed by atoms with Gasteiger partial charge in [0.05, 0.1) is 10.6 Å². The molecule has 0 fully saturated rings. The number of sulfonamides is 1. The molecule has 0 aliphatic carbocycles. The van der Waals surface area contributed by atoms with Gasteiger partial charge in [0.2, 0.25) is 0 Å². The summed E-state index contributed by atoms with van der Waals surface area (Å²) in [6.07, 6.45) is 0. The van der Waals surface area contributed by atoms with Crippen molar-refractivity contribution in [2.24, 2.45) is 0 Å². The van der Waals surface area contributed by atoms with Crippen LogP contribution in [-0.2, 0) is 10.0 Å². The first kappa shape index (κ1) is 20.8. The molecule has 0 unspecified atom stereocenters. The second kappa shape index (κ2) is 8.11. The second-order valence-corrected chi connectivity index (χ2v) is 9.34. The van der Waals surface area contributed by atoms with Crippen LogP contribution in [0, 0.1) is 6.92 Å². The van der Waals surface area contributed by atoms with Crippen molar-refractivity contribution in [3.05, 3.63) is 102 Å². The maximum absolute atomic E-state index is 13.0. The SMILES string of the molecule is Cc1c(NS(=O)(=O)c2ccccc2)cccc1C(=O)Nc1ccc2c(c1)oc1ccccc12. The average Bonchev–Trinajstić information content (AvgIpc) is 3.18.